The molecule has 100 valence electrons. The van der Waals surface area contributed by atoms with Crippen LogP contribution in [0.5, 0.6) is 0 Å². The van der Waals surface area contributed by atoms with Crippen molar-refractivity contribution in [3.63, 3.8) is 0 Å². The molecule has 0 radical (unpaired) electrons. The maximum Gasteiger partial charge on any atom is 0.0953 e. The molecule has 3 rings (SSSR count). The van der Waals surface area contributed by atoms with E-state index in [0.717, 1.165) is 24.8 Å². The summed E-state index contributed by atoms with van der Waals surface area (Å²) in [6.07, 6.45) is 6.72. The van der Waals surface area contributed by atoms with Gasteiger partial charge in [-0.15, -0.1) is 0 Å². The molecule has 1 aliphatic rings. The van der Waals surface area contributed by atoms with E-state index in [1.807, 2.05) is 6.33 Å². The van der Waals surface area contributed by atoms with Crippen molar-refractivity contribution in [2.75, 3.05) is 0 Å². The first-order valence-electron chi connectivity index (χ1n) is 7.01. The largest absolute Gasteiger partial charge is 0.333 e. The summed E-state index contributed by atoms with van der Waals surface area (Å²) < 4.78 is 2.16. The van der Waals surface area contributed by atoms with Gasteiger partial charge in [0.15, 0.2) is 0 Å². The highest BCUT2D eigenvalue weighted by Gasteiger charge is 2.20. The lowest BCUT2D eigenvalue weighted by Crippen LogP contribution is -2.15. The topological polar surface area (TPSA) is 29.9 Å². The van der Waals surface area contributed by atoms with Crippen molar-refractivity contribution in [3.05, 3.63) is 53.1 Å². The van der Waals surface area contributed by atoms with Crippen LogP contribution in [0.1, 0.15) is 35.2 Å². The lowest BCUT2D eigenvalue weighted by molar-refractivity contribution is 0.676. The summed E-state index contributed by atoms with van der Waals surface area (Å²) in [5.74, 6) is 0. The molecule has 1 saturated carbocycles. The van der Waals surface area contributed by atoms with Crippen LogP contribution < -0.4 is 5.32 Å². The van der Waals surface area contributed by atoms with E-state index in [1.165, 1.54) is 29.5 Å². The normalized spacial score (nSPS) is 14.8. The number of nitrogens with one attached hydrogen (secondary N) is 1. The number of nitrogens with zero attached hydrogens (tertiary/aromatic N) is 2. The predicted molar refractivity (Wildman–Crippen MR) is 77.1 cm³/mol. The lowest BCUT2D eigenvalue weighted by Gasteiger charge is -2.06. The molecule has 0 amide bonds. The van der Waals surface area contributed by atoms with Crippen LogP contribution in [0, 0.1) is 13.8 Å². The van der Waals surface area contributed by atoms with Gasteiger partial charge in [0.25, 0.3) is 0 Å². The zero-order valence-corrected chi connectivity index (χ0v) is 11.7. The van der Waals surface area contributed by atoms with Crippen LogP contribution in [0.4, 0.5) is 0 Å². The Morgan fingerprint density at radius 3 is 2.84 bits per heavy atom. The van der Waals surface area contributed by atoms with Gasteiger partial charge in [0.05, 0.1) is 12.0 Å². The fourth-order valence-electron chi connectivity index (χ4n) is 2.23. The molecule has 0 saturated heterocycles. The highest BCUT2D eigenvalue weighted by Crippen LogP contribution is 2.19. The first kappa shape index (κ1) is 12.4. The fourth-order valence-corrected chi connectivity index (χ4v) is 2.23. The minimum Gasteiger partial charge on any atom is -0.333 e. The fraction of sp³-hybridized carbons (Fsp3) is 0.438. The average Bonchev–Trinajstić information content (AvgIpc) is 3.12. The Hall–Kier alpha value is -1.61. The maximum atomic E-state index is 4.45. The molecule has 0 spiro atoms. The Balaban J connectivity index is 1.63. The maximum absolute atomic E-state index is 4.45. The van der Waals surface area contributed by atoms with Crippen LogP contribution in [-0.4, -0.2) is 15.6 Å². The van der Waals surface area contributed by atoms with Gasteiger partial charge in [-0.3, -0.25) is 0 Å². The Morgan fingerprint density at radius 2 is 2.11 bits per heavy atom. The first-order valence-corrected chi connectivity index (χ1v) is 7.01. The number of hydrogen-bond acceptors (Lipinski definition) is 2. The molecule has 1 aromatic heterocycles. The number of aryl methyl sites for hydroxylation is 2. The van der Waals surface area contributed by atoms with Gasteiger partial charge in [-0.25, -0.2) is 4.98 Å². The van der Waals surface area contributed by atoms with Crippen LogP contribution in [0.3, 0.4) is 0 Å². The predicted octanol–water partition coefficient (Wildman–Crippen LogP) is 2.80. The summed E-state index contributed by atoms with van der Waals surface area (Å²) in [7, 11) is 0. The molecule has 19 heavy (non-hydrogen) atoms. The third-order valence-electron chi connectivity index (χ3n) is 3.77. The van der Waals surface area contributed by atoms with Gasteiger partial charge in [0.2, 0.25) is 0 Å². The summed E-state index contributed by atoms with van der Waals surface area (Å²) in [5, 5.41) is 3.49. The van der Waals surface area contributed by atoms with E-state index in [1.54, 1.807) is 0 Å². The van der Waals surface area contributed by atoms with E-state index in [0.29, 0.717) is 0 Å². The Bertz CT molecular complexity index is 567. The van der Waals surface area contributed by atoms with Crippen molar-refractivity contribution < 1.29 is 0 Å². The van der Waals surface area contributed by atoms with Crippen molar-refractivity contribution in [3.8, 4) is 0 Å². The number of imidazole rings is 1. The van der Waals surface area contributed by atoms with Crippen LogP contribution >= 0.6 is 0 Å². The van der Waals surface area contributed by atoms with Crippen LogP contribution in [0.15, 0.2) is 30.7 Å². The number of hydrogen-bond donors (Lipinski definition) is 1. The molecule has 2 aromatic rings. The molecule has 1 heterocycles. The third-order valence-corrected chi connectivity index (χ3v) is 3.77. The monoisotopic (exact) mass is 255 g/mol. The van der Waals surface area contributed by atoms with E-state index < -0.39 is 0 Å². The van der Waals surface area contributed by atoms with Gasteiger partial charge in [0.1, 0.15) is 0 Å². The smallest absolute Gasteiger partial charge is 0.0953 e. The summed E-state index contributed by atoms with van der Waals surface area (Å²) in [4.78, 5) is 4.45. The SMILES string of the molecule is Cc1ccc(Cn2cnc(CNC3CC3)c2)cc1C. The molecular formula is C16H21N3. The molecule has 0 bridgehead atoms. The molecule has 1 N–H and O–H groups in total. The van der Waals surface area contributed by atoms with Crippen molar-refractivity contribution in [2.24, 2.45) is 0 Å². The molecule has 3 nitrogen and oxygen atoms in total. The quantitative estimate of drug-likeness (QED) is 0.890. The highest BCUT2D eigenvalue weighted by atomic mass is 15.1. The van der Waals surface area contributed by atoms with E-state index in [2.05, 4.69) is 53.1 Å². The Labute approximate surface area is 114 Å². The molecule has 1 aromatic carbocycles. The molecule has 0 aliphatic heterocycles. The van der Waals surface area contributed by atoms with Gasteiger partial charge in [-0.2, -0.15) is 0 Å². The van der Waals surface area contributed by atoms with E-state index in [4.69, 9.17) is 0 Å². The summed E-state index contributed by atoms with van der Waals surface area (Å²) in [6, 6.07) is 7.39. The van der Waals surface area contributed by atoms with Gasteiger partial charge in [-0.05, 0) is 43.4 Å². The molecule has 1 aliphatic carbocycles. The zero-order chi connectivity index (χ0) is 13.2. The van der Waals surface area contributed by atoms with E-state index in [-0.39, 0.29) is 0 Å². The standard InChI is InChI=1S/C16H21N3/c1-12-3-4-14(7-13(12)2)9-19-10-16(18-11-19)8-17-15-5-6-15/h3-4,7,10-11,15,17H,5-6,8-9H2,1-2H3. The van der Waals surface area contributed by atoms with Gasteiger partial charge in [-0.1, -0.05) is 18.2 Å². The van der Waals surface area contributed by atoms with Gasteiger partial charge >= 0.3 is 0 Å². The van der Waals surface area contributed by atoms with Crippen molar-refractivity contribution in [2.45, 2.75) is 45.8 Å². The first-order chi connectivity index (χ1) is 9.20. The van der Waals surface area contributed by atoms with Gasteiger partial charge in [0, 0.05) is 25.3 Å². The zero-order valence-electron chi connectivity index (χ0n) is 11.7. The van der Waals surface area contributed by atoms with Crippen LogP contribution in [0.25, 0.3) is 0 Å². The Morgan fingerprint density at radius 1 is 1.26 bits per heavy atom. The van der Waals surface area contributed by atoms with E-state index in [9.17, 15) is 0 Å². The number of aromatic nitrogens is 2. The Kier molecular flexibility index (Phi) is 3.38. The number of benzene rings is 1. The minimum atomic E-state index is 0.741. The van der Waals surface area contributed by atoms with Crippen molar-refractivity contribution in [1.82, 2.24) is 14.9 Å². The van der Waals surface area contributed by atoms with Crippen molar-refractivity contribution in [1.29, 1.82) is 0 Å². The van der Waals surface area contributed by atoms with Crippen LogP contribution in [0.2, 0.25) is 0 Å². The van der Waals surface area contributed by atoms with Crippen LogP contribution in [-0.2, 0) is 13.1 Å². The van der Waals surface area contributed by atoms with Gasteiger partial charge < -0.3 is 9.88 Å². The minimum absolute atomic E-state index is 0.741. The second kappa shape index (κ2) is 5.17. The molecule has 0 atom stereocenters. The highest BCUT2D eigenvalue weighted by molar-refractivity contribution is 5.30. The lowest BCUT2D eigenvalue weighted by atomic mass is 10.1. The second-order valence-electron chi connectivity index (χ2n) is 5.61. The second-order valence-corrected chi connectivity index (χ2v) is 5.61. The summed E-state index contributed by atoms with van der Waals surface area (Å²) in [5.41, 5.74) is 5.18. The molecule has 0 unspecified atom stereocenters. The van der Waals surface area contributed by atoms with E-state index >= 15 is 0 Å². The molecule has 3 heteroatoms. The molecular weight excluding hydrogens is 234 g/mol. The average molecular weight is 255 g/mol. The van der Waals surface area contributed by atoms with Crippen molar-refractivity contribution >= 4 is 0 Å². The third kappa shape index (κ3) is 3.24. The summed E-state index contributed by atoms with van der Waals surface area (Å²) in [6.45, 7) is 6.11. The molecule has 1 fully saturated rings. The number of rotatable bonds is 5. The summed E-state index contributed by atoms with van der Waals surface area (Å²) >= 11 is 0.